The van der Waals surface area contributed by atoms with E-state index in [0.29, 0.717) is 10.2 Å². The summed E-state index contributed by atoms with van der Waals surface area (Å²) in [4.78, 5) is 27.5. The number of alkyl halides is 3. The van der Waals surface area contributed by atoms with Crippen molar-refractivity contribution < 1.29 is 27.9 Å². The molecule has 0 unspecified atom stereocenters. The second-order valence-electron chi connectivity index (χ2n) is 5.07. The minimum Gasteiger partial charge on any atom is -0.480 e. The summed E-state index contributed by atoms with van der Waals surface area (Å²) in [6.07, 6.45) is -3.37. The van der Waals surface area contributed by atoms with Crippen molar-refractivity contribution in [3.05, 3.63) is 63.9 Å². The molecule has 0 aliphatic carbocycles. The van der Waals surface area contributed by atoms with Gasteiger partial charge in [-0.1, -0.05) is 18.2 Å². The number of pyridine rings is 1. The van der Waals surface area contributed by atoms with Crippen LogP contribution in [0, 0.1) is 0 Å². The standard InChI is InChI=1S/C16H12BrF3N2O3/c17-13-9(4-3-7-21-13)8-12(15(24)25)22-14(23)10-5-1-2-6-11(10)16(18,19)20/h1-7,12H,8H2,(H,22,23)(H,24,25)/t12-/m0/s1. The number of carbonyl (C=O) groups is 2. The number of rotatable bonds is 5. The molecule has 132 valence electrons. The summed E-state index contributed by atoms with van der Waals surface area (Å²) in [6, 6.07) is 5.97. The maximum atomic E-state index is 13.0. The van der Waals surface area contributed by atoms with Gasteiger partial charge >= 0.3 is 12.1 Å². The van der Waals surface area contributed by atoms with E-state index in [1.54, 1.807) is 12.1 Å². The molecular weight excluding hydrogens is 405 g/mol. The van der Waals surface area contributed by atoms with Crippen molar-refractivity contribution >= 4 is 27.8 Å². The van der Waals surface area contributed by atoms with Crippen LogP contribution < -0.4 is 5.32 Å². The summed E-state index contributed by atoms with van der Waals surface area (Å²) >= 11 is 3.16. The summed E-state index contributed by atoms with van der Waals surface area (Å²) in [5.74, 6) is -2.48. The van der Waals surface area contributed by atoms with Gasteiger partial charge in [0.05, 0.1) is 11.1 Å². The Balaban J connectivity index is 2.25. The fraction of sp³-hybridized carbons (Fsp3) is 0.188. The highest BCUT2D eigenvalue weighted by Gasteiger charge is 2.35. The summed E-state index contributed by atoms with van der Waals surface area (Å²) in [7, 11) is 0. The maximum Gasteiger partial charge on any atom is 0.417 e. The molecule has 0 fully saturated rings. The maximum absolute atomic E-state index is 13.0. The molecule has 9 heteroatoms. The average Bonchev–Trinajstić information content (AvgIpc) is 2.55. The molecular formula is C16H12BrF3N2O3. The number of hydrogen-bond acceptors (Lipinski definition) is 3. The van der Waals surface area contributed by atoms with Gasteiger partial charge in [0.15, 0.2) is 0 Å². The van der Waals surface area contributed by atoms with E-state index in [2.05, 4.69) is 26.2 Å². The zero-order chi connectivity index (χ0) is 18.6. The molecule has 0 bridgehead atoms. The van der Waals surface area contributed by atoms with E-state index < -0.39 is 35.2 Å². The average molecular weight is 417 g/mol. The fourth-order valence-electron chi connectivity index (χ4n) is 2.16. The van der Waals surface area contributed by atoms with E-state index >= 15 is 0 Å². The van der Waals surface area contributed by atoms with Gasteiger partial charge in [0.25, 0.3) is 5.91 Å². The zero-order valence-corrected chi connectivity index (χ0v) is 14.1. The number of hydrogen-bond donors (Lipinski definition) is 2. The molecule has 0 spiro atoms. The Morgan fingerprint density at radius 3 is 2.48 bits per heavy atom. The molecule has 0 aliphatic rings. The van der Waals surface area contributed by atoms with Gasteiger partial charge in [-0.05, 0) is 39.7 Å². The molecule has 0 radical (unpaired) electrons. The number of halogens is 4. The molecule has 1 amide bonds. The molecule has 0 saturated heterocycles. The molecule has 2 rings (SSSR count). The van der Waals surface area contributed by atoms with Gasteiger partial charge in [-0.25, -0.2) is 9.78 Å². The van der Waals surface area contributed by atoms with E-state index in [4.69, 9.17) is 0 Å². The number of amides is 1. The Bertz CT molecular complexity index is 796. The minimum absolute atomic E-state index is 0.135. The number of carboxylic acid groups (broad SMARTS) is 1. The fourth-order valence-corrected chi connectivity index (χ4v) is 2.57. The molecule has 5 nitrogen and oxygen atoms in total. The Morgan fingerprint density at radius 1 is 1.20 bits per heavy atom. The number of aromatic nitrogens is 1. The van der Waals surface area contributed by atoms with Gasteiger partial charge in [-0.15, -0.1) is 0 Å². The topological polar surface area (TPSA) is 79.3 Å². The molecule has 0 saturated carbocycles. The molecule has 1 aromatic carbocycles. The smallest absolute Gasteiger partial charge is 0.417 e. The van der Waals surface area contributed by atoms with Gasteiger partial charge in [0, 0.05) is 12.6 Å². The molecule has 1 atom stereocenters. The van der Waals surface area contributed by atoms with Crippen LogP contribution in [0.3, 0.4) is 0 Å². The van der Waals surface area contributed by atoms with Crippen molar-refractivity contribution in [1.82, 2.24) is 10.3 Å². The second-order valence-corrected chi connectivity index (χ2v) is 5.82. The van der Waals surface area contributed by atoms with Crippen LogP contribution in [0.25, 0.3) is 0 Å². The lowest BCUT2D eigenvalue weighted by molar-refractivity contribution is -0.139. The number of benzene rings is 1. The summed E-state index contributed by atoms with van der Waals surface area (Å²) in [6.45, 7) is 0. The number of carboxylic acids is 1. The predicted octanol–water partition coefficient (Wildman–Crippen LogP) is 3.29. The van der Waals surface area contributed by atoms with Gasteiger partial charge in [-0.2, -0.15) is 13.2 Å². The quantitative estimate of drug-likeness (QED) is 0.732. The summed E-state index contributed by atoms with van der Waals surface area (Å²) < 4.78 is 39.4. The van der Waals surface area contributed by atoms with Gasteiger partial charge in [-0.3, -0.25) is 4.79 Å². The Kier molecular flexibility index (Phi) is 5.78. The van der Waals surface area contributed by atoms with Gasteiger partial charge in [0.1, 0.15) is 10.6 Å². The monoisotopic (exact) mass is 416 g/mol. The van der Waals surface area contributed by atoms with Crippen LogP contribution in [0.5, 0.6) is 0 Å². The Morgan fingerprint density at radius 2 is 1.88 bits per heavy atom. The molecule has 0 aliphatic heterocycles. The van der Waals surface area contributed by atoms with Gasteiger partial charge in [0.2, 0.25) is 0 Å². The zero-order valence-electron chi connectivity index (χ0n) is 12.5. The number of carbonyl (C=O) groups excluding carboxylic acids is 1. The van der Waals surface area contributed by atoms with Crippen molar-refractivity contribution in [3.63, 3.8) is 0 Å². The van der Waals surface area contributed by atoms with E-state index in [9.17, 15) is 27.9 Å². The molecule has 25 heavy (non-hydrogen) atoms. The van der Waals surface area contributed by atoms with Crippen molar-refractivity contribution in [2.24, 2.45) is 0 Å². The van der Waals surface area contributed by atoms with Crippen LogP contribution >= 0.6 is 15.9 Å². The highest BCUT2D eigenvalue weighted by Crippen LogP contribution is 2.31. The van der Waals surface area contributed by atoms with Gasteiger partial charge < -0.3 is 10.4 Å². The largest absolute Gasteiger partial charge is 0.480 e. The second kappa shape index (κ2) is 7.64. The third-order valence-corrected chi connectivity index (χ3v) is 4.05. The van der Waals surface area contributed by atoms with Crippen LogP contribution in [0.15, 0.2) is 47.2 Å². The molecule has 2 N–H and O–H groups in total. The number of nitrogens with zero attached hydrogens (tertiary/aromatic N) is 1. The van der Waals surface area contributed by atoms with E-state index in [-0.39, 0.29) is 6.42 Å². The van der Waals surface area contributed by atoms with Crippen LogP contribution in [0.1, 0.15) is 21.5 Å². The van der Waals surface area contributed by atoms with Crippen LogP contribution in [0.2, 0.25) is 0 Å². The van der Waals surface area contributed by atoms with E-state index in [1.807, 2.05) is 0 Å². The third-order valence-electron chi connectivity index (χ3n) is 3.34. The molecule has 1 heterocycles. The van der Waals surface area contributed by atoms with Crippen molar-refractivity contribution in [2.75, 3.05) is 0 Å². The van der Waals surface area contributed by atoms with Crippen molar-refractivity contribution in [2.45, 2.75) is 18.6 Å². The first-order chi connectivity index (χ1) is 11.7. The third kappa shape index (κ3) is 4.79. The highest BCUT2D eigenvalue weighted by molar-refractivity contribution is 9.10. The normalized spacial score (nSPS) is 12.5. The Labute approximate surface area is 149 Å². The van der Waals surface area contributed by atoms with Crippen molar-refractivity contribution in [3.8, 4) is 0 Å². The predicted molar refractivity (Wildman–Crippen MR) is 86.0 cm³/mol. The summed E-state index contributed by atoms with van der Waals surface area (Å²) in [5, 5.41) is 11.4. The lowest BCUT2D eigenvalue weighted by Crippen LogP contribution is -2.43. The van der Waals surface area contributed by atoms with Crippen molar-refractivity contribution in [1.29, 1.82) is 0 Å². The van der Waals surface area contributed by atoms with E-state index in [1.165, 1.54) is 12.3 Å². The lowest BCUT2D eigenvalue weighted by atomic mass is 10.0. The first kappa shape index (κ1) is 18.9. The molecule has 2 aromatic rings. The van der Waals surface area contributed by atoms with Crippen LogP contribution in [-0.4, -0.2) is 28.0 Å². The van der Waals surface area contributed by atoms with Crippen LogP contribution in [-0.2, 0) is 17.4 Å². The first-order valence-corrected chi connectivity index (χ1v) is 7.78. The van der Waals surface area contributed by atoms with E-state index in [0.717, 1.165) is 18.2 Å². The SMILES string of the molecule is O=C(N[C@@H](Cc1cccnc1Br)C(=O)O)c1ccccc1C(F)(F)F. The highest BCUT2D eigenvalue weighted by atomic mass is 79.9. The lowest BCUT2D eigenvalue weighted by Gasteiger charge is -2.17. The first-order valence-electron chi connectivity index (χ1n) is 6.99. The van der Waals surface area contributed by atoms with Crippen LogP contribution in [0.4, 0.5) is 13.2 Å². The summed E-state index contributed by atoms with van der Waals surface area (Å²) in [5.41, 5.74) is -1.26. The Hall–Kier alpha value is -2.42. The number of nitrogens with one attached hydrogen (secondary N) is 1. The molecule has 1 aromatic heterocycles. The number of aliphatic carboxylic acids is 1. The minimum atomic E-state index is -4.72.